The maximum atomic E-state index is 2.73. The molecular weight excluding hydrogens is 719 g/mol. The first kappa shape index (κ1) is 32.8. The van der Waals surface area contributed by atoms with Crippen LogP contribution in [0.1, 0.15) is 0 Å². The number of nitrogens with zero attached hydrogens (tertiary/aromatic N) is 3. The molecule has 272 valence electrons. The van der Waals surface area contributed by atoms with Crippen molar-refractivity contribution in [3.8, 4) is 11.4 Å². The first-order chi connectivity index (χ1) is 28.8. The lowest BCUT2D eigenvalue weighted by Crippen LogP contribution is -2.72. The van der Waals surface area contributed by atoms with Crippen molar-refractivity contribution >= 4 is 89.2 Å². The molecule has 0 aliphatic rings. The zero-order valence-corrected chi connectivity index (χ0v) is 32.7. The van der Waals surface area contributed by atoms with Crippen molar-refractivity contribution in [1.82, 2.24) is 13.4 Å². The lowest BCUT2D eigenvalue weighted by Gasteiger charge is -2.36. The fourth-order valence-electron chi connectivity index (χ4n) is 9.98. The number of para-hydroxylation sites is 5. The average Bonchev–Trinajstić information content (AvgIpc) is 3.94. The van der Waals surface area contributed by atoms with Gasteiger partial charge in [0.2, 0.25) is 0 Å². The summed E-state index contributed by atoms with van der Waals surface area (Å²) in [6.45, 7) is 0. The van der Waals surface area contributed by atoms with Crippen LogP contribution in [0.15, 0.2) is 224 Å². The van der Waals surface area contributed by atoms with Crippen LogP contribution in [0.25, 0.3) is 76.8 Å². The quantitative estimate of drug-likeness (QED) is 0.119. The van der Waals surface area contributed by atoms with E-state index in [0.717, 1.165) is 11.4 Å². The monoisotopic (exact) mass is 755 g/mol. The molecule has 0 saturated carbocycles. The van der Waals surface area contributed by atoms with Gasteiger partial charge in [-0.1, -0.05) is 164 Å². The molecule has 3 heterocycles. The number of benzene rings is 9. The van der Waals surface area contributed by atoms with Crippen molar-refractivity contribution in [3.05, 3.63) is 224 Å². The third-order valence-electron chi connectivity index (χ3n) is 12.3. The van der Waals surface area contributed by atoms with Gasteiger partial charge in [-0.3, -0.25) is 0 Å². The van der Waals surface area contributed by atoms with Gasteiger partial charge in [-0.15, -0.1) is 0 Å². The van der Waals surface area contributed by atoms with E-state index in [1.807, 2.05) is 0 Å². The molecule has 0 N–H and O–H groups in total. The summed E-state index contributed by atoms with van der Waals surface area (Å²) >= 11 is 0. The molecule has 9 aromatic carbocycles. The topological polar surface area (TPSA) is 14.8 Å². The summed E-state index contributed by atoms with van der Waals surface area (Å²) in [6, 6.07) is 83.3. The van der Waals surface area contributed by atoms with Crippen LogP contribution in [0.4, 0.5) is 0 Å². The number of rotatable bonds is 6. The van der Waals surface area contributed by atoms with Gasteiger partial charge in [0.25, 0.3) is 8.24 Å². The van der Waals surface area contributed by atoms with Gasteiger partial charge < -0.3 is 13.4 Å². The van der Waals surface area contributed by atoms with Gasteiger partial charge in [0.15, 0.2) is 0 Å². The molecule has 0 aliphatic carbocycles. The summed E-state index contributed by atoms with van der Waals surface area (Å²) in [6.07, 6.45) is 0. The molecule has 4 heteroatoms. The maximum absolute atomic E-state index is 3.05. The maximum Gasteiger partial charge on any atom is 0.257 e. The standard InChI is InChI=1S/C54H37N3Si/c1-3-19-40(20-4-1)58(41-21-5-2-6-22-41,57-53-32-15-10-26-45(53)46-27-11-16-33-54(46)57)42-23-17-18-38(36-42)55-51-31-14-9-28-47(51)48-37-39(34-35-52(48)55)56-49-29-12-7-24-43(49)44-25-8-13-30-50(44)56/h1-37H. The molecule has 12 aromatic rings. The fraction of sp³-hybridized carbons (Fsp3) is 0. The van der Waals surface area contributed by atoms with E-state index in [2.05, 4.69) is 238 Å². The lowest BCUT2D eigenvalue weighted by molar-refractivity contribution is 1.17. The van der Waals surface area contributed by atoms with E-state index < -0.39 is 8.24 Å². The Balaban J connectivity index is 1.15. The minimum Gasteiger partial charge on any atom is -0.355 e. The van der Waals surface area contributed by atoms with Crippen molar-refractivity contribution in [1.29, 1.82) is 0 Å². The van der Waals surface area contributed by atoms with Crippen molar-refractivity contribution in [2.24, 2.45) is 0 Å². The Morgan fingerprint density at radius 3 is 1.10 bits per heavy atom. The fourth-order valence-corrected chi connectivity index (χ4v) is 14.9. The molecule has 0 spiro atoms. The molecule has 12 rings (SSSR count). The average molecular weight is 756 g/mol. The summed E-state index contributed by atoms with van der Waals surface area (Å²) < 4.78 is 7.62. The highest BCUT2D eigenvalue weighted by molar-refractivity contribution is 7.11. The van der Waals surface area contributed by atoms with Crippen molar-refractivity contribution in [2.75, 3.05) is 0 Å². The largest absolute Gasteiger partial charge is 0.355 e. The summed E-state index contributed by atoms with van der Waals surface area (Å²) in [7, 11) is -3.05. The second-order valence-corrected chi connectivity index (χ2v) is 18.9. The van der Waals surface area contributed by atoms with Gasteiger partial charge in [-0.05, 0) is 76.2 Å². The van der Waals surface area contributed by atoms with Gasteiger partial charge in [0, 0.05) is 54.7 Å². The van der Waals surface area contributed by atoms with Crippen LogP contribution in [-0.2, 0) is 0 Å². The van der Waals surface area contributed by atoms with E-state index in [9.17, 15) is 0 Å². The van der Waals surface area contributed by atoms with E-state index >= 15 is 0 Å². The number of fused-ring (bicyclic) bond motifs is 9. The molecule has 0 unspecified atom stereocenters. The van der Waals surface area contributed by atoms with E-state index in [-0.39, 0.29) is 0 Å². The molecule has 0 saturated heterocycles. The molecule has 0 amide bonds. The normalized spacial score (nSPS) is 12.1. The van der Waals surface area contributed by atoms with Crippen LogP contribution in [0.5, 0.6) is 0 Å². The summed E-state index contributed by atoms with van der Waals surface area (Å²) in [5.41, 5.74) is 9.63. The highest BCUT2D eigenvalue weighted by Crippen LogP contribution is 2.37. The molecule has 0 aliphatic heterocycles. The second-order valence-electron chi connectivity index (χ2n) is 15.3. The molecular formula is C54H37N3Si. The molecule has 3 aromatic heterocycles. The van der Waals surface area contributed by atoms with Crippen LogP contribution in [-0.4, -0.2) is 21.6 Å². The van der Waals surface area contributed by atoms with Gasteiger partial charge in [0.05, 0.1) is 22.1 Å². The predicted octanol–water partition coefficient (Wildman–Crippen LogP) is 11.5. The molecule has 3 nitrogen and oxygen atoms in total. The Morgan fingerprint density at radius 1 is 0.241 bits per heavy atom. The predicted molar refractivity (Wildman–Crippen MR) is 248 cm³/mol. The highest BCUT2D eigenvalue weighted by atomic mass is 28.3. The van der Waals surface area contributed by atoms with Crippen LogP contribution in [0.3, 0.4) is 0 Å². The number of aromatic nitrogens is 3. The van der Waals surface area contributed by atoms with Gasteiger partial charge in [-0.2, -0.15) is 0 Å². The van der Waals surface area contributed by atoms with Crippen molar-refractivity contribution < 1.29 is 0 Å². The summed E-state index contributed by atoms with van der Waals surface area (Å²) in [5.74, 6) is 0. The van der Waals surface area contributed by atoms with Crippen LogP contribution in [0.2, 0.25) is 0 Å². The molecule has 0 atom stereocenters. The molecule has 58 heavy (non-hydrogen) atoms. The van der Waals surface area contributed by atoms with E-state index in [1.54, 1.807) is 0 Å². The van der Waals surface area contributed by atoms with Crippen molar-refractivity contribution in [3.63, 3.8) is 0 Å². The zero-order chi connectivity index (χ0) is 38.2. The Labute approximate surface area is 337 Å². The van der Waals surface area contributed by atoms with E-state index in [4.69, 9.17) is 0 Å². The molecule has 0 fully saturated rings. The third-order valence-corrected chi connectivity index (χ3v) is 17.0. The second kappa shape index (κ2) is 12.8. The number of hydrogen-bond acceptors (Lipinski definition) is 0. The molecule has 0 radical (unpaired) electrons. The highest BCUT2D eigenvalue weighted by Gasteiger charge is 2.44. The van der Waals surface area contributed by atoms with Crippen LogP contribution >= 0.6 is 0 Å². The third kappa shape index (κ3) is 4.61. The number of hydrogen-bond donors (Lipinski definition) is 0. The first-order valence-electron chi connectivity index (χ1n) is 20.0. The SMILES string of the molecule is c1ccc([Si](c2ccccc2)(c2cccc(-n3c4ccccc4c4cc(-n5c6ccccc6c6ccccc65)ccc43)c2)n2c3ccccc3c3ccccc32)cc1. The zero-order valence-electron chi connectivity index (χ0n) is 31.7. The lowest BCUT2D eigenvalue weighted by atomic mass is 10.1. The first-order valence-corrected chi connectivity index (χ1v) is 22.0. The van der Waals surface area contributed by atoms with Gasteiger partial charge in [0.1, 0.15) is 0 Å². The molecule has 0 bridgehead atoms. The Bertz CT molecular complexity index is 3370. The smallest absolute Gasteiger partial charge is 0.257 e. The van der Waals surface area contributed by atoms with Crippen LogP contribution in [0, 0.1) is 0 Å². The van der Waals surface area contributed by atoms with Gasteiger partial charge >= 0.3 is 0 Å². The summed E-state index contributed by atoms with van der Waals surface area (Å²) in [5, 5.41) is 11.6. The summed E-state index contributed by atoms with van der Waals surface area (Å²) in [4.78, 5) is 0. The van der Waals surface area contributed by atoms with E-state index in [1.165, 1.54) is 81.0 Å². The minimum absolute atomic E-state index is 1.15. The van der Waals surface area contributed by atoms with Gasteiger partial charge in [-0.25, -0.2) is 0 Å². The Kier molecular flexibility index (Phi) is 7.25. The van der Waals surface area contributed by atoms with Crippen molar-refractivity contribution in [2.45, 2.75) is 0 Å². The minimum atomic E-state index is -3.05. The Hall–Kier alpha value is -7.40. The van der Waals surface area contributed by atoms with Crippen LogP contribution < -0.4 is 15.6 Å². The Morgan fingerprint density at radius 2 is 0.603 bits per heavy atom. The van der Waals surface area contributed by atoms with E-state index in [0.29, 0.717) is 0 Å².